The molecule has 0 spiro atoms. The topological polar surface area (TPSA) is 6.48 Å². The maximum atomic E-state index is 2.52. The molecule has 0 unspecified atom stereocenters. The van der Waals surface area contributed by atoms with Crippen LogP contribution in [0.3, 0.4) is 0 Å². The van der Waals surface area contributed by atoms with E-state index in [-0.39, 0.29) is 0 Å². The fraction of sp³-hybridized carbons (Fsp3) is 0.0208. The first-order chi connectivity index (χ1) is 49.6. The molecule has 0 radical (unpaired) electrons. The van der Waals surface area contributed by atoms with E-state index in [4.69, 9.17) is 0 Å². The lowest BCUT2D eigenvalue weighted by molar-refractivity contribution is 0.768. The predicted molar refractivity (Wildman–Crippen MR) is 425 cm³/mol. The molecule has 18 aromatic rings. The summed E-state index contributed by atoms with van der Waals surface area (Å²) in [5, 5.41) is 7.57. The zero-order valence-corrected chi connectivity index (χ0v) is 56.1. The van der Waals surface area contributed by atoms with Gasteiger partial charge in [-0.25, -0.2) is 0 Å². The predicted octanol–water partition coefficient (Wildman–Crippen LogP) is 26.6. The summed E-state index contributed by atoms with van der Waals surface area (Å²) >= 11 is 3.82. The van der Waals surface area contributed by atoms with E-state index in [1.165, 1.54) is 140 Å². The number of benzene rings is 16. The molecule has 2 aliphatic carbocycles. The van der Waals surface area contributed by atoms with Crippen molar-refractivity contribution >= 4 is 108 Å². The SMILES string of the molecule is c1ccc(-c2cc3c(cc(-c4ccccc4)c4sc5cc(N(c6ccccc6)c6cccc(C7(c8ccccc8)c8ccccc8-c8ccccc87)c6)ccc5c43)c3c2sc2cc(N(c4ccccc4)c4cccc(C5(c6ccccc6)c6ccccc6-c6ccccc65)c4)ccc23)cc1. The van der Waals surface area contributed by atoms with Crippen LogP contribution in [-0.4, -0.2) is 0 Å². The van der Waals surface area contributed by atoms with Crippen molar-refractivity contribution in [2.75, 3.05) is 9.80 Å². The van der Waals surface area contributed by atoms with E-state index in [1.54, 1.807) is 0 Å². The maximum Gasteiger partial charge on any atom is 0.0714 e. The second-order valence-electron chi connectivity index (χ2n) is 26.5. The molecule has 0 fully saturated rings. The summed E-state index contributed by atoms with van der Waals surface area (Å²) in [6.45, 7) is 0. The highest BCUT2D eigenvalue weighted by Crippen LogP contribution is 2.60. The van der Waals surface area contributed by atoms with Crippen LogP contribution in [0.4, 0.5) is 34.1 Å². The molecule has 0 saturated heterocycles. The Morgan fingerprint density at radius 2 is 0.490 bits per heavy atom. The van der Waals surface area contributed by atoms with Gasteiger partial charge in [0.2, 0.25) is 0 Å². The number of rotatable bonds is 12. The summed E-state index contributed by atoms with van der Waals surface area (Å²) in [4.78, 5) is 4.92. The number of anilines is 6. The third-order valence-electron chi connectivity index (χ3n) is 21.4. The van der Waals surface area contributed by atoms with Gasteiger partial charge in [0.25, 0.3) is 0 Å². The van der Waals surface area contributed by atoms with Crippen molar-refractivity contribution in [1.29, 1.82) is 0 Å². The molecule has 2 nitrogen and oxygen atoms in total. The Kier molecular flexibility index (Phi) is 13.5. The van der Waals surface area contributed by atoms with Gasteiger partial charge in [-0.15, -0.1) is 22.7 Å². The van der Waals surface area contributed by atoms with E-state index in [0.29, 0.717) is 0 Å². The van der Waals surface area contributed by atoms with Gasteiger partial charge in [0.15, 0.2) is 0 Å². The van der Waals surface area contributed by atoms with Gasteiger partial charge in [0.05, 0.1) is 10.8 Å². The van der Waals surface area contributed by atoms with Crippen molar-refractivity contribution in [3.8, 4) is 44.5 Å². The minimum atomic E-state index is -0.545. The van der Waals surface area contributed by atoms with Crippen LogP contribution in [0, 0.1) is 0 Å². The molecule has 0 N–H and O–H groups in total. The molecule has 100 heavy (non-hydrogen) atoms. The Balaban J connectivity index is 0.782. The van der Waals surface area contributed by atoms with E-state index < -0.39 is 10.8 Å². The third kappa shape index (κ3) is 8.74. The largest absolute Gasteiger partial charge is 0.310 e. The number of thiophene rings is 2. The lowest BCUT2D eigenvalue weighted by Crippen LogP contribution is -2.28. The van der Waals surface area contributed by atoms with E-state index >= 15 is 0 Å². The number of nitrogens with zero attached hydrogens (tertiary/aromatic N) is 2. The van der Waals surface area contributed by atoms with Gasteiger partial charge in [-0.05, 0) is 174 Å². The first-order valence-electron chi connectivity index (χ1n) is 34.5. The molecule has 2 aromatic heterocycles. The average molecular weight is 1310 g/mol. The fourth-order valence-electron chi connectivity index (χ4n) is 17.2. The Bertz CT molecular complexity index is 5750. The van der Waals surface area contributed by atoms with Crippen LogP contribution >= 0.6 is 22.7 Å². The van der Waals surface area contributed by atoms with Crippen LogP contribution < -0.4 is 9.80 Å². The first kappa shape index (κ1) is 58.0. The Morgan fingerprint density at radius 3 is 0.850 bits per heavy atom. The molecular weight excluding hydrogens is 1250 g/mol. The molecule has 2 aliphatic rings. The van der Waals surface area contributed by atoms with E-state index in [1.807, 2.05) is 22.7 Å². The van der Waals surface area contributed by atoms with Crippen molar-refractivity contribution in [2.45, 2.75) is 10.8 Å². The second kappa shape index (κ2) is 23.3. The van der Waals surface area contributed by atoms with Gasteiger partial charge in [-0.1, -0.05) is 291 Å². The monoisotopic (exact) mass is 1310 g/mol. The summed E-state index contributed by atoms with van der Waals surface area (Å²) in [6, 6.07) is 141. The normalized spacial score (nSPS) is 13.2. The van der Waals surface area contributed by atoms with Gasteiger partial charge in [-0.2, -0.15) is 0 Å². The number of para-hydroxylation sites is 2. The molecule has 0 saturated carbocycles. The average Bonchev–Trinajstić information content (AvgIpc) is 1.59. The van der Waals surface area contributed by atoms with E-state index in [0.717, 1.165) is 34.1 Å². The molecule has 2 heterocycles. The van der Waals surface area contributed by atoms with Gasteiger partial charge >= 0.3 is 0 Å². The van der Waals surface area contributed by atoms with Gasteiger partial charge < -0.3 is 9.80 Å². The zero-order valence-electron chi connectivity index (χ0n) is 54.5. The van der Waals surface area contributed by atoms with Crippen molar-refractivity contribution in [3.05, 3.63) is 421 Å². The molecule has 0 atom stereocenters. The highest BCUT2D eigenvalue weighted by molar-refractivity contribution is 7.27. The Labute approximate surface area is 589 Å². The molecule has 0 aliphatic heterocycles. The smallest absolute Gasteiger partial charge is 0.0714 e. The lowest BCUT2D eigenvalue weighted by Gasteiger charge is -2.35. The van der Waals surface area contributed by atoms with Crippen molar-refractivity contribution in [1.82, 2.24) is 0 Å². The van der Waals surface area contributed by atoms with E-state index in [2.05, 4.69) is 386 Å². The van der Waals surface area contributed by atoms with Crippen LogP contribution in [0.15, 0.2) is 376 Å². The van der Waals surface area contributed by atoms with Gasteiger partial charge in [0, 0.05) is 85.6 Å². The summed E-state index contributed by atoms with van der Waals surface area (Å²) in [5.41, 5.74) is 25.6. The zero-order chi connectivity index (χ0) is 65.9. The van der Waals surface area contributed by atoms with Crippen molar-refractivity contribution in [2.24, 2.45) is 0 Å². The maximum absolute atomic E-state index is 2.52. The molecule has 468 valence electrons. The Morgan fingerprint density at radius 1 is 0.200 bits per heavy atom. The van der Waals surface area contributed by atoms with Crippen LogP contribution in [0.5, 0.6) is 0 Å². The number of hydrogen-bond acceptors (Lipinski definition) is 4. The van der Waals surface area contributed by atoms with Crippen LogP contribution in [0.25, 0.3) is 95.6 Å². The van der Waals surface area contributed by atoms with Crippen molar-refractivity contribution in [3.63, 3.8) is 0 Å². The lowest BCUT2D eigenvalue weighted by atomic mass is 9.67. The third-order valence-corrected chi connectivity index (χ3v) is 23.7. The minimum Gasteiger partial charge on any atom is -0.310 e. The summed E-state index contributed by atoms with van der Waals surface area (Å²) in [7, 11) is 0. The highest BCUT2D eigenvalue weighted by Gasteiger charge is 2.48. The van der Waals surface area contributed by atoms with Crippen LogP contribution in [0.2, 0.25) is 0 Å². The highest BCUT2D eigenvalue weighted by atomic mass is 32.1. The minimum absolute atomic E-state index is 0.545. The molecular formula is C96H62N2S2. The van der Waals surface area contributed by atoms with E-state index in [9.17, 15) is 0 Å². The molecule has 4 heteroatoms. The standard InChI is InChI=1S/C96H62N2S2/c1-7-29-63(30-8-1)81-61-83-84(91-79-55-53-73(59-89(79)99-93(81)91)97(69-39-15-5-16-40-69)71-43-27-37-67(57-71)95(65-33-11-3-12-34-65)85-49-23-19-45-75(85)76-46-20-24-50-86(76)95)62-82(64-31-9-2-10-32-64)94-92(83)80-56-54-74(60-90(80)100-94)98(70-41-17-6-18-42-70)72-44-28-38-68(58-72)96(66-35-13-4-14-36-66)87-51-25-21-47-77(87)78-48-22-26-52-88(78)96/h1-62H. The number of fused-ring (bicyclic) bond motifs is 15. The quantitative estimate of drug-likeness (QED) is 0.120. The summed E-state index contributed by atoms with van der Waals surface area (Å²) in [6.07, 6.45) is 0. The molecule has 0 amide bonds. The molecule has 0 bridgehead atoms. The number of hydrogen-bond donors (Lipinski definition) is 0. The van der Waals surface area contributed by atoms with Crippen molar-refractivity contribution < 1.29 is 0 Å². The second-order valence-corrected chi connectivity index (χ2v) is 28.6. The Hall–Kier alpha value is -12.2. The fourth-order valence-corrected chi connectivity index (χ4v) is 19.8. The molecule has 16 aromatic carbocycles. The van der Waals surface area contributed by atoms with Gasteiger partial charge in [-0.3, -0.25) is 0 Å². The van der Waals surface area contributed by atoms with Crippen LogP contribution in [0.1, 0.15) is 44.5 Å². The van der Waals surface area contributed by atoms with Crippen LogP contribution in [-0.2, 0) is 10.8 Å². The first-order valence-corrected chi connectivity index (χ1v) is 36.1. The van der Waals surface area contributed by atoms with Gasteiger partial charge in [0.1, 0.15) is 0 Å². The summed E-state index contributed by atoms with van der Waals surface area (Å²) < 4.78 is 5.02. The summed E-state index contributed by atoms with van der Waals surface area (Å²) in [5.74, 6) is 0. The molecule has 20 rings (SSSR count).